The van der Waals surface area contributed by atoms with Crippen LogP contribution in [-0.2, 0) is 15.0 Å². The highest BCUT2D eigenvalue weighted by Gasteiger charge is 2.31. The van der Waals surface area contributed by atoms with Crippen LogP contribution >= 0.6 is 0 Å². The first-order valence-electron chi connectivity index (χ1n) is 5.06. The molecule has 16 heavy (non-hydrogen) atoms. The molecule has 0 aromatic carbocycles. The predicted octanol–water partition coefficient (Wildman–Crippen LogP) is -0.197. The third kappa shape index (κ3) is 3.29. The van der Waals surface area contributed by atoms with Gasteiger partial charge in [-0.3, -0.25) is 4.79 Å². The van der Waals surface area contributed by atoms with Gasteiger partial charge in [0, 0.05) is 19.6 Å². The molecule has 1 unspecified atom stereocenters. The van der Waals surface area contributed by atoms with Crippen LogP contribution in [0, 0.1) is 5.92 Å². The summed E-state index contributed by atoms with van der Waals surface area (Å²) >= 11 is 0. The Morgan fingerprint density at radius 3 is 2.88 bits per heavy atom. The van der Waals surface area contributed by atoms with Gasteiger partial charge >= 0.3 is 5.97 Å². The van der Waals surface area contributed by atoms with E-state index in [0.717, 1.165) is 0 Å². The molecule has 2 N–H and O–H groups in total. The average molecular weight is 248 g/mol. The Hall–Kier alpha value is -0.920. The maximum atomic E-state index is 11.7. The number of carboxylic acid groups (broad SMARTS) is 1. The summed E-state index contributed by atoms with van der Waals surface area (Å²) in [5.74, 6) is -1.54. The Morgan fingerprint density at radius 2 is 2.31 bits per heavy atom. The summed E-state index contributed by atoms with van der Waals surface area (Å²) in [5.41, 5.74) is 0. The van der Waals surface area contributed by atoms with E-state index in [1.807, 2.05) is 0 Å². The van der Waals surface area contributed by atoms with Gasteiger partial charge in [-0.15, -0.1) is 6.58 Å². The fraction of sp³-hybridized carbons (Fsp3) is 0.667. The van der Waals surface area contributed by atoms with Gasteiger partial charge in [0.1, 0.15) is 0 Å². The predicted molar refractivity (Wildman–Crippen MR) is 59.1 cm³/mol. The van der Waals surface area contributed by atoms with Crippen LogP contribution in [0.1, 0.15) is 12.8 Å². The van der Waals surface area contributed by atoms with E-state index in [1.54, 1.807) is 0 Å². The lowest BCUT2D eigenvalue weighted by atomic mass is 10.0. The van der Waals surface area contributed by atoms with E-state index < -0.39 is 22.1 Å². The molecule has 1 heterocycles. The number of hydrogen-bond donors (Lipinski definition) is 2. The summed E-state index contributed by atoms with van der Waals surface area (Å²) < 4.78 is 26.9. The Labute approximate surface area is 95.1 Å². The van der Waals surface area contributed by atoms with Gasteiger partial charge in [-0.2, -0.15) is 17.4 Å². The summed E-state index contributed by atoms with van der Waals surface area (Å²) in [5, 5.41) is 8.84. The van der Waals surface area contributed by atoms with E-state index in [-0.39, 0.29) is 13.1 Å². The highest BCUT2D eigenvalue weighted by atomic mass is 32.2. The summed E-state index contributed by atoms with van der Waals surface area (Å²) in [6, 6.07) is 0. The number of carbonyl (C=O) groups is 1. The zero-order valence-electron chi connectivity index (χ0n) is 8.92. The van der Waals surface area contributed by atoms with Crippen LogP contribution in [0.5, 0.6) is 0 Å². The van der Waals surface area contributed by atoms with Gasteiger partial charge in [0.2, 0.25) is 0 Å². The van der Waals surface area contributed by atoms with E-state index in [9.17, 15) is 13.2 Å². The summed E-state index contributed by atoms with van der Waals surface area (Å²) in [6.45, 7) is 3.98. The number of hydrogen-bond acceptors (Lipinski definition) is 3. The molecule has 0 amide bonds. The molecule has 1 atom stereocenters. The fourth-order valence-corrected chi connectivity index (χ4v) is 2.87. The van der Waals surface area contributed by atoms with Crippen LogP contribution in [0.2, 0.25) is 0 Å². The van der Waals surface area contributed by atoms with Gasteiger partial charge in [0.05, 0.1) is 5.92 Å². The molecule has 1 fully saturated rings. The average Bonchev–Trinajstić information content (AvgIpc) is 2.26. The van der Waals surface area contributed by atoms with Gasteiger partial charge < -0.3 is 5.11 Å². The van der Waals surface area contributed by atoms with Crippen molar-refractivity contribution in [3.63, 3.8) is 0 Å². The molecule has 92 valence electrons. The van der Waals surface area contributed by atoms with Crippen molar-refractivity contribution in [2.45, 2.75) is 12.8 Å². The molecule has 0 radical (unpaired) electrons. The first-order chi connectivity index (χ1) is 7.47. The molecule has 1 rings (SSSR count). The molecule has 0 bridgehead atoms. The summed E-state index contributed by atoms with van der Waals surface area (Å²) in [6.07, 6.45) is 2.55. The SMILES string of the molecule is C=CCNS(=O)(=O)N1CCCC(C(=O)O)C1. The Balaban J connectivity index is 2.65. The molecule has 0 aromatic heterocycles. The largest absolute Gasteiger partial charge is 0.481 e. The third-order valence-corrected chi connectivity index (χ3v) is 4.03. The maximum Gasteiger partial charge on any atom is 0.307 e. The van der Waals surface area contributed by atoms with Crippen molar-refractivity contribution < 1.29 is 18.3 Å². The molecular formula is C9H16N2O4S. The van der Waals surface area contributed by atoms with Gasteiger partial charge in [-0.25, -0.2) is 0 Å². The fourth-order valence-electron chi connectivity index (χ4n) is 1.62. The first kappa shape index (κ1) is 13.1. The van der Waals surface area contributed by atoms with Gasteiger partial charge in [0.25, 0.3) is 10.2 Å². The van der Waals surface area contributed by atoms with Crippen molar-refractivity contribution in [3.8, 4) is 0 Å². The van der Waals surface area contributed by atoms with Gasteiger partial charge in [0.15, 0.2) is 0 Å². The monoisotopic (exact) mass is 248 g/mol. The van der Waals surface area contributed by atoms with Gasteiger partial charge in [-0.1, -0.05) is 6.08 Å². The van der Waals surface area contributed by atoms with Crippen molar-refractivity contribution >= 4 is 16.2 Å². The van der Waals surface area contributed by atoms with Crippen LogP contribution < -0.4 is 4.72 Å². The molecule has 0 aliphatic carbocycles. The minimum absolute atomic E-state index is 0.0435. The summed E-state index contributed by atoms with van der Waals surface area (Å²) in [4.78, 5) is 10.8. The number of rotatable bonds is 5. The molecular weight excluding hydrogens is 232 g/mol. The summed E-state index contributed by atoms with van der Waals surface area (Å²) in [7, 11) is -3.56. The van der Waals surface area contributed by atoms with E-state index >= 15 is 0 Å². The number of aliphatic carboxylic acids is 1. The van der Waals surface area contributed by atoms with Crippen LogP contribution in [0.15, 0.2) is 12.7 Å². The lowest BCUT2D eigenvalue weighted by Gasteiger charge is -2.29. The zero-order valence-corrected chi connectivity index (χ0v) is 9.74. The number of piperidine rings is 1. The molecule has 0 aromatic rings. The van der Waals surface area contributed by atoms with Crippen molar-refractivity contribution in [2.24, 2.45) is 5.92 Å². The lowest BCUT2D eigenvalue weighted by molar-refractivity contribution is -0.142. The van der Waals surface area contributed by atoms with Crippen molar-refractivity contribution in [2.75, 3.05) is 19.6 Å². The van der Waals surface area contributed by atoms with E-state index in [2.05, 4.69) is 11.3 Å². The van der Waals surface area contributed by atoms with Crippen molar-refractivity contribution in [1.29, 1.82) is 0 Å². The molecule has 6 nitrogen and oxygen atoms in total. The highest BCUT2D eigenvalue weighted by molar-refractivity contribution is 7.87. The van der Waals surface area contributed by atoms with E-state index in [1.165, 1.54) is 10.4 Å². The zero-order chi connectivity index (χ0) is 12.2. The van der Waals surface area contributed by atoms with E-state index in [0.29, 0.717) is 19.4 Å². The van der Waals surface area contributed by atoms with Gasteiger partial charge in [-0.05, 0) is 12.8 Å². The second-order valence-corrected chi connectivity index (χ2v) is 5.43. The number of nitrogens with one attached hydrogen (secondary N) is 1. The Morgan fingerprint density at radius 1 is 1.62 bits per heavy atom. The molecule has 0 spiro atoms. The molecule has 0 saturated carbocycles. The maximum absolute atomic E-state index is 11.7. The quantitative estimate of drug-likeness (QED) is 0.660. The Kier molecular flexibility index (Phi) is 4.45. The first-order valence-corrected chi connectivity index (χ1v) is 6.50. The van der Waals surface area contributed by atoms with Crippen molar-refractivity contribution in [1.82, 2.24) is 9.03 Å². The number of nitrogens with zero attached hydrogens (tertiary/aromatic N) is 1. The smallest absolute Gasteiger partial charge is 0.307 e. The molecule has 7 heteroatoms. The molecule has 1 aliphatic rings. The third-order valence-electron chi connectivity index (χ3n) is 2.48. The standard InChI is InChI=1S/C9H16N2O4S/c1-2-5-10-16(14,15)11-6-3-4-8(7-11)9(12)13/h2,8,10H,1,3-7H2,(H,12,13). The van der Waals surface area contributed by atoms with Crippen LogP contribution in [-0.4, -0.2) is 43.4 Å². The van der Waals surface area contributed by atoms with Crippen LogP contribution in [0.4, 0.5) is 0 Å². The van der Waals surface area contributed by atoms with Crippen molar-refractivity contribution in [3.05, 3.63) is 12.7 Å². The topological polar surface area (TPSA) is 86.7 Å². The normalized spacial score (nSPS) is 22.9. The minimum Gasteiger partial charge on any atom is -0.481 e. The minimum atomic E-state index is -3.56. The van der Waals surface area contributed by atoms with Crippen LogP contribution in [0.3, 0.4) is 0 Å². The highest BCUT2D eigenvalue weighted by Crippen LogP contribution is 2.18. The van der Waals surface area contributed by atoms with E-state index in [4.69, 9.17) is 5.11 Å². The number of carboxylic acids is 1. The lowest BCUT2D eigenvalue weighted by Crippen LogP contribution is -2.47. The second-order valence-electron chi connectivity index (χ2n) is 3.68. The van der Waals surface area contributed by atoms with Crippen LogP contribution in [0.25, 0.3) is 0 Å². The molecule has 1 aliphatic heterocycles. The second kappa shape index (κ2) is 5.42. The molecule has 1 saturated heterocycles. The Bertz CT molecular complexity index is 366.